The van der Waals surface area contributed by atoms with Crippen LogP contribution in [-0.2, 0) is 21.2 Å². The van der Waals surface area contributed by atoms with E-state index < -0.39 is 33.7 Å². The number of hydrogen-bond acceptors (Lipinski definition) is 4. The van der Waals surface area contributed by atoms with Gasteiger partial charge in [0.1, 0.15) is 11.9 Å². The van der Waals surface area contributed by atoms with Gasteiger partial charge in [0.15, 0.2) is 0 Å². The van der Waals surface area contributed by atoms with Gasteiger partial charge in [0.05, 0.1) is 4.90 Å². The van der Waals surface area contributed by atoms with Crippen LogP contribution in [0, 0.1) is 11.7 Å². The van der Waals surface area contributed by atoms with Gasteiger partial charge < -0.3 is 10.6 Å². The van der Waals surface area contributed by atoms with E-state index in [9.17, 15) is 22.4 Å². The van der Waals surface area contributed by atoms with E-state index in [1.165, 1.54) is 48.5 Å². The van der Waals surface area contributed by atoms with E-state index >= 15 is 0 Å². The minimum Gasteiger partial charge on any atom is -0.340 e. The molecule has 3 aliphatic carbocycles. The highest BCUT2D eigenvalue weighted by Crippen LogP contribution is 2.57. The van der Waals surface area contributed by atoms with Gasteiger partial charge in [0.2, 0.25) is 15.9 Å². The van der Waals surface area contributed by atoms with Crippen molar-refractivity contribution in [1.29, 1.82) is 0 Å². The molecule has 7 nitrogen and oxygen atoms in total. The van der Waals surface area contributed by atoms with Gasteiger partial charge in [-0.1, -0.05) is 30.3 Å². The van der Waals surface area contributed by atoms with Gasteiger partial charge in [0, 0.05) is 23.2 Å². The van der Waals surface area contributed by atoms with Crippen LogP contribution in [0.5, 0.6) is 0 Å². The quantitative estimate of drug-likeness (QED) is 0.411. The number of carbonyl (C=O) groups is 2. The van der Waals surface area contributed by atoms with Crippen LogP contribution in [0.1, 0.15) is 35.2 Å². The third kappa shape index (κ3) is 5.17. The molecule has 2 amide bonds. The SMILES string of the molecule is O=C(NC(Cc1ccccc1)C(=O)Nc1ccc(S(=O)(=O)NC23CC(C2)C3)cc1)c1ccc(F)cc1. The molecule has 0 saturated heterocycles. The van der Waals surface area contributed by atoms with Crippen LogP contribution in [0.4, 0.5) is 10.1 Å². The summed E-state index contributed by atoms with van der Waals surface area (Å²) in [6, 6.07) is 19.3. The molecule has 6 rings (SSSR count). The average molecular weight is 508 g/mol. The fourth-order valence-corrected chi connectivity index (χ4v) is 6.23. The average Bonchev–Trinajstić information content (AvgIpc) is 2.82. The molecule has 0 heterocycles. The van der Waals surface area contributed by atoms with Crippen LogP contribution in [0.2, 0.25) is 0 Å². The van der Waals surface area contributed by atoms with E-state index in [0.717, 1.165) is 24.8 Å². The molecule has 3 aromatic rings. The summed E-state index contributed by atoms with van der Waals surface area (Å²) < 4.78 is 41.5. The van der Waals surface area contributed by atoms with E-state index in [1.807, 2.05) is 30.3 Å². The number of benzene rings is 3. The summed E-state index contributed by atoms with van der Waals surface area (Å²) in [4.78, 5) is 26.0. The molecule has 2 bridgehead atoms. The number of amides is 2. The zero-order valence-electron chi connectivity index (χ0n) is 19.4. The maximum atomic E-state index is 13.2. The Morgan fingerprint density at radius 3 is 2.14 bits per heavy atom. The van der Waals surface area contributed by atoms with Crippen molar-refractivity contribution in [2.75, 3.05) is 5.32 Å². The highest BCUT2D eigenvalue weighted by Gasteiger charge is 2.58. The molecule has 3 fully saturated rings. The van der Waals surface area contributed by atoms with Crippen molar-refractivity contribution in [2.24, 2.45) is 5.92 Å². The van der Waals surface area contributed by atoms with Crippen molar-refractivity contribution in [2.45, 2.75) is 42.2 Å². The van der Waals surface area contributed by atoms with Gasteiger partial charge in [-0.3, -0.25) is 9.59 Å². The second-order valence-electron chi connectivity index (χ2n) is 9.60. The Hall–Kier alpha value is -3.56. The predicted octanol–water partition coefficient (Wildman–Crippen LogP) is 3.64. The van der Waals surface area contributed by atoms with Crippen LogP contribution < -0.4 is 15.4 Å². The molecule has 9 heteroatoms. The number of halogens is 1. The van der Waals surface area contributed by atoms with Crippen molar-refractivity contribution in [3.63, 3.8) is 0 Å². The molecule has 0 aromatic heterocycles. The molecule has 3 N–H and O–H groups in total. The number of nitrogens with one attached hydrogen (secondary N) is 3. The summed E-state index contributed by atoms with van der Waals surface area (Å²) in [7, 11) is -3.64. The zero-order chi connectivity index (χ0) is 25.3. The number of anilines is 1. The molecule has 0 aliphatic heterocycles. The fourth-order valence-electron chi connectivity index (χ4n) is 4.80. The van der Waals surface area contributed by atoms with E-state index in [1.54, 1.807) is 0 Å². The van der Waals surface area contributed by atoms with Crippen LogP contribution in [0.15, 0.2) is 83.8 Å². The lowest BCUT2D eigenvalue weighted by atomic mass is 9.50. The molecular weight excluding hydrogens is 481 g/mol. The summed E-state index contributed by atoms with van der Waals surface area (Å²) in [6.07, 6.45) is 2.92. The molecule has 0 spiro atoms. The highest BCUT2D eigenvalue weighted by molar-refractivity contribution is 7.89. The lowest BCUT2D eigenvalue weighted by molar-refractivity contribution is -0.118. The number of sulfonamides is 1. The predicted molar refractivity (Wildman–Crippen MR) is 133 cm³/mol. The van der Waals surface area contributed by atoms with Crippen LogP contribution in [0.3, 0.4) is 0 Å². The highest BCUT2D eigenvalue weighted by atomic mass is 32.2. The Morgan fingerprint density at radius 2 is 1.56 bits per heavy atom. The normalized spacial score (nSPS) is 21.0. The molecule has 3 saturated carbocycles. The van der Waals surface area contributed by atoms with Crippen molar-refractivity contribution in [3.05, 3.63) is 95.8 Å². The van der Waals surface area contributed by atoms with Gasteiger partial charge in [-0.05, 0) is 79.3 Å². The Kier molecular flexibility index (Phi) is 6.36. The summed E-state index contributed by atoms with van der Waals surface area (Å²) in [5.41, 5.74) is 1.20. The van der Waals surface area contributed by atoms with Crippen molar-refractivity contribution in [3.8, 4) is 0 Å². The third-order valence-corrected chi connectivity index (χ3v) is 8.43. The smallest absolute Gasteiger partial charge is 0.251 e. The molecule has 0 radical (unpaired) electrons. The van der Waals surface area contributed by atoms with Crippen molar-refractivity contribution in [1.82, 2.24) is 10.0 Å². The maximum absolute atomic E-state index is 13.2. The lowest BCUT2D eigenvalue weighted by Crippen LogP contribution is -2.67. The minimum absolute atomic E-state index is 0.135. The fraction of sp³-hybridized carbons (Fsp3) is 0.259. The first-order valence-corrected chi connectivity index (χ1v) is 13.2. The minimum atomic E-state index is -3.64. The van der Waals surface area contributed by atoms with E-state index in [2.05, 4.69) is 15.4 Å². The van der Waals surface area contributed by atoms with Crippen LogP contribution in [0.25, 0.3) is 0 Å². The van der Waals surface area contributed by atoms with Gasteiger partial charge in [-0.25, -0.2) is 17.5 Å². The van der Waals surface area contributed by atoms with Gasteiger partial charge in [-0.15, -0.1) is 0 Å². The van der Waals surface area contributed by atoms with E-state index in [0.29, 0.717) is 11.6 Å². The number of rotatable bonds is 9. The summed E-state index contributed by atoms with van der Waals surface area (Å²) in [5, 5.41) is 5.48. The van der Waals surface area contributed by atoms with Crippen molar-refractivity contribution >= 4 is 27.5 Å². The van der Waals surface area contributed by atoms with Gasteiger partial charge in [0.25, 0.3) is 5.91 Å². The maximum Gasteiger partial charge on any atom is 0.251 e. The first-order chi connectivity index (χ1) is 17.2. The molecule has 36 heavy (non-hydrogen) atoms. The number of hydrogen-bond donors (Lipinski definition) is 3. The summed E-state index contributed by atoms with van der Waals surface area (Å²) in [6.45, 7) is 0. The van der Waals surface area contributed by atoms with Crippen LogP contribution >= 0.6 is 0 Å². The Bertz CT molecular complexity index is 1360. The molecule has 1 unspecified atom stereocenters. The largest absolute Gasteiger partial charge is 0.340 e. The molecule has 3 aliphatic rings. The van der Waals surface area contributed by atoms with E-state index in [-0.39, 0.29) is 22.4 Å². The standard InChI is InChI=1S/C27H26FN3O4S/c28-21-8-6-20(7-9-21)25(32)30-24(14-18-4-2-1-3-5-18)26(33)29-22-10-12-23(13-11-22)36(34,35)31-27-15-19(16-27)17-27/h1-13,19,24,31H,14-17H2,(H,29,33)(H,30,32). The summed E-state index contributed by atoms with van der Waals surface area (Å²) >= 11 is 0. The van der Waals surface area contributed by atoms with Crippen LogP contribution in [-0.4, -0.2) is 31.8 Å². The first kappa shape index (κ1) is 24.1. The topological polar surface area (TPSA) is 104 Å². The zero-order valence-corrected chi connectivity index (χ0v) is 20.2. The first-order valence-electron chi connectivity index (χ1n) is 11.8. The summed E-state index contributed by atoms with van der Waals surface area (Å²) in [5.74, 6) is -0.781. The number of carbonyl (C=O) groups excluding carboxylic acids is 2. The Balaban J connectivity index is 1.28. The molecular formula is C27H26FN3O4S. The Morgan fingerprint density at radius 1 is 0.917 bits per heavy atom. The lowest BCUT2D eigenvalue weighted by Gasteiger charge is -2.61. The van der Waals surface area contributed by atoms with Gasteiger partial charge >= 0.3 is 0 Å². The Labute approximate surface area is 209 Å². The van der Waals surface area contributed by atoms with Gasteiger partial charge in [-0.2, -0.15) is 0 Å². The van der Waals surface area contributed by atoms with E-state index in [4.69, 9.17) is 0 Å². The monoisotopic (exact) mass is 507 g/mol. The molecule has 186 valence electrons. The second-order valence-corrected chi connectivity index (χ2v) is 11.3. The molecule has 1 atom stereocenters. The third-order valence-electron chi connectivity index (χ3n) is 6.83. The van der Waals surface area contributed by atoms with Crippen molar-refractivity contribution < 1.29 is 22.4 Å². The molecule has 3 aromatic carbocycles. The second kappa shape index (κ2) is 9.48.